The van der Waals surface area contributed by atoms with E-state index >= 15 is 0 Å². The van der Waals surface area contributed by atoms with E-state index in [1.807, 2.05) is 0 Å². The molecule has 1 unspecified atom stereocenters. The third kappa shape index (κ3) is 3.55. The van der Waals surface area contributed by atoms with Crippen molar-refractivity contribution in [1.82, 2.24) is 5.32 Å². The van der Waals surface area contributed by atoms with Crippen LogP contribution in [-0.4, -0.2) is 23.7 Å². The van der Waals surface area contributed by atoms with Gasteiger partial charge in [0, 0.05) is 17.7 Å². The van der Waals surface area contributed by atoms with Crippen LogP contribution in [-0.2, 0) is 0 Å². The molecule has 0 bridgehead atoms. The first-order valence-electron chi connectivity index (χ1n) is 7.58. The Morgan fingerprint density at radius 3 is 2.62 bits per heavy atom. The van der Waals surface area contributed by atoms with Crippen LogP contribution >= 0.6 is 11.6 Å². The largest absolute Gasteiger partial charge is 0.492 e. The number of anilines is 1. The predicted molar refractivity (Wildman–Crippen MR) is 89.8 cm³/mol. The fourth-order valence-corrected chi connectivity index (χ4v) is 2.90. The van der Waals surface area contributed by atoms with Gasteiger partial charge in [-0.25, -0.2) is 13.6 Å². The number of carboxylic acid groups (broad SMARTS) is 1. The van der Waals surface area contributed by atoms with E-state index in [9.17, 15) is 18.4 Å². The van der Waals surface area contributed by atoms with Gasteiger partial charge in [0.15, 0.2) is 0 Å². The minimum absolute atomic E-state index is 0.0271. The molecule has 1 aliphatic heterocycles. The summed E-state index contributed by atoms with van der Waals surface area (Å²) in [4.78, 5) is 23.4. The maximum absolute atomic E-state index is 14.3. The summed E-state index contributed by atoms with van der Waals surface area (Å²) in [6.45, 7) is 0.115. The lowest BCUT2D eigenvalue weighted by Crippen LogP contribution is -2.32. The zero-order valence-corrected chi connectivity index (χ0v) is 13.9. The highest BCUT2D eigenvalue weighted by atomic mass is 35.5. The molecule has 3 N–H and O–H groups in total. The van der Waals surface area contributed by atoms with E-state index in [0.717, 1.165) is 12.1 Å². The second-order valence-corrected chi connectivity index (χ2v) is 5.97. The lowest BCUT2D eigenvalue weighted by molar-refractivity contribution is 0.101. The van der Waals surface area contributed by atoms with Crippen molar-refractivity contribution in [2.45, 2.75) is 12.5 Å². The lowest BCUT2D eigenvalue weighted by Gasteiger charge is -2.27. The van der Waals surface area contributed by atoms with E-state index < -0.39 is 29.7 Å². The van der Waals surface area contributed by atoms with Gasteiger partial charge in [0.1, 0.15) is 22.9 Å². The summed E-state index contributed by atoms with van der Waals surface area (Å²) >= 11 is 5.67. The molecule has 136 valence electrons. The summed E-state index contributed by atoms with van der Waals surface area (Å²) in [5.74, 6) is -2.33. The smallest absolute Gasteiger partial charge is 0.405 e. The second kappa shape index (κ2) is 7.17. The monoisotopic (exact) mass is 382 g/mol. The number of fused-ring (bicyclic) bond motifs is 1. The molecule has 0 radical (unpaired) electrons. The summed E-state index contributed by atoms with van der Waals surface area (Å²) in [7, 11) is 0. The number of rotatable bonds is 3. The molecule has 0 saturated heterocycles. The third-order valence-electron chi connectivity index (χ3n) is 3.87. The molecule has 2 amide bonds. The van der Waals surface area contributed by atoms with Crippen LogP contribution in [0.5, 0.6) is 5.75 Å². The molecule has 0 fully saturated rings. The number of hydrogen-bond donors (Lipinski definition) is 3. The Morgan fingerprint density at radius 1 is 1.19 bits per heavy atom. The minimum Gasteiger partial charge on any atom is -0.492 e. The molecule has 2 aromatic rings. The van der Waals surface area contributed by atoms with Crippen LogP contribution in [0.25, 0.3) is 0 Å². The van der Waals surface area contributed by atoms with Gasteiger partial charge in [-0.3, -0.25) is 4.79 Å². The van der Waals surface area contributed by atoms with Crippen LogP contribution in [0.4, 0.5) is 19.3 Å². The summed E-state index contributed by atoms with van der Waals surface area (Å²) in [5.41, 5.74) is 0.177. The molecule has 9 heteroatoms. The molecule has 0 aromatic heterocycles. The third-order valence-corrected chi connectivity index (χ3v) is 4.16. The van der Waals surface area contributed by atoms with Gasteiger partial charge in [0.25, 0.3) is 5.91 Å². The van der Waals surface area contributed by atoms with Gasteiger partial charge in [-0.1, -0.05) is 17.7 Å². The van der Waals surface area contributed by atoms with Crippen molar-refractivity contribution < 1.29 is 28.2 Å². The molecule has 0 spiro atoms. The molecule has 0 aliphatic carbocycles. The molecule has 6 nitrogen and oxygen atoms in total. The molecule has 2 aromatic carbocycles. The van der Waals surface area contributed by atoms with Crippen molar-refractivity contribution in [3.05, 3.63) is 58.1 Å². The van der Waals surface area contributed by atoms with Crippen molar-refractivity contribution in [3.8, 4) is 5.75 Å². The topological polar surface area (TPSA) is 87.7 Å². The van der Waals surface area contributed by atoms with Crippen molar-refractivity contribution in [1.29, 1.82) is 0 Å². The molecule has 1 aliphatic rings. The van der Waals surface area contributed by atoms with Crippen LogP contribution in [0, 0.1) is 11.6 Å². The Labute approximate surface area is 151 Å². The molecule has 1 heterocycles. The minimum atomic E-state index is -1.24. The summed E-state index contributed by atoms with van der Waals surface area (Å²) in [6, 6.07) is 5.36. The predicted octanol–water partition coefficient (Wildman–Crippen LogP) is 3.96. The number of carbonyl (C=O) groups is 2. The van der Waals surface area contributed by atoms with Gasteiger partial charge in [0.05, 0.1) is 17.7 Å². The Morgan fingerprint density at radius 2 is 1.92 bits per heavy atom. The van der Waals surface area contributed by atoms with Crippen molar-refractivity contribution in [3.63, 3.8) is 0 Å². The fourth-order valence-electron chi connectivity index (χ4n) is 2.72. The number of carbonyl (C=O) groups excluding carboxylic acids is 1. The normalized spacial score (nSPS) is 15.6. The molecule has 3 rings (SSSR count). The first-order chi connectivity index (χ1) is 12.4. The first kappa shape index (κ1) is 17.9. The molecular weight excluding hydrogens is 370 g/mol. The van der Waals surface area contributed by atoms with E-state index in [2.05, 4.69) is 10.6 Å². The van der Waals surface area contributed by atoms with Crippen molar-refractivity contribution >= 4 is 29.3 Å². The van der Waals surface area contributed by atoms with Crippen molar-refractivity contribution in [2.24, 2.45) is 0 Å². The summed E-state index contributed by atoms with van der Waals surface area (Å²) in [6.07, 6.45) is -0.890. The maximum atomic E-state index is 14.3. The van der Waals surface area contributed by atoms with Gasteiger partial charge in [-0.15, -0.1) is 0 Å². The van der Waals surface area contributed by atoms with Crippen molar-refractivity contribution in [2.75, 3.05) is 11.9 Å². The Bertz CT molecular complexity index is 891. The first-order valence-corrected chi connectivity index (χ1v) is 7.95. The maximum Gasteiger partial charge on any atom is 0.405 e. The van der Waals surface area contributed by atoms with E-state index in [1.54, 1.807) is 0 Å². The van der Waals surface area contributed by atoms with Crippen LogP contribution in [0.3, 0.4) is 0 Å². The number of nitrogens with one attached hydrogen (secondary N) is 2. The lowest BCUT2D eigenvalue weighted by atomic mass is 9.97. The Kier molecular flexibility index (Phi) is 4.94. The summed E-state index contributed by atoms with van der Waals surface area (Å²) in [5, 5.41) is 13.5. The van der Waals surface area contributed by atoms with E-state index in [1.165, 1.54) is 18.2 Å². The molecular formula is C17H13ClF2N2O4. The van der Waals surface area contributed by atoms with Gasteiger partial charge in [-0.2, -0.15) is 0 Å². The Hall–Kier alpha value is -2.87. The standard InChI is InChI=1S/C17H13ClF2N2O4/c18-10-7-8(1-3-11(10)19)21-16(23)14-12(20)4-2-9-13(22-17(24)25)5-6-26-15(9)14/h1-4,7,13,22H,5-6H2,(H,21,23)(H,24,25). The SMILES string of the molecule is O=C(O)NC1CCOc2c1ccc(F)c2C(=O)Nc1ccc(F)c(Cl)c1. The molecule has 1 atom stereocenters. The van der Waals surface area contributed by atoms with Crippen LogP contribution in [0.2, 0.25) is 5.02 Å². The summed E-state index contributed by atoms with van der Waals surface area (Å²) < 4.78 is 32.9. The quantitative estimate of drug-likeness (QED) is 0.749. The zero-order chi connectivity index (χ0) is 18.8. The van der Waals surface area contributed by atoms with Gasteiger partial charge >= 0.3 is 6.09 Å². The van der Waals surface area contributed by atoms with E-state index in [0.29, 0.717) is 12.0 Å². The highest BCUT2D eigenvalue weighted by Gasteiger charge is 2.29. The van der Waals surface area contributed by atoms with Crippen LogP contribution < -0.4 is 15.4 Å². The number of hydrogen-bond acceptors (Lipinski definition) is 3. The Balaban J connectivity index is 1.95. The van der Waals surface area contributed by atoms with E-state index in [4.69, 9.17) is 21.4 Å². The van der Waals surface area contributed by atoms with E-state index in [-0.39, 0.29) is 28.6 Å². The van der Waals surface area contributed by atoms with Gasteiger partial charge < -0.3 is 20.5 Å². The zero-order valence-electron chi connectivity index (χ0n) is 13.2. The second-order valence-electron chi connectivity index (χ2n) is 5.56. The number of halogens is 3. The number of ether oxygens (including phenoxy) is 1. The highest BCUT2D eigenvalue weighted by molar-refractivity contribution is 6.31. The molecule has 26 heavy (non-hydrogen) atoms. The van der Waals surface area contributed by atoms with Crippen LogP contribution in [0.15, 0.2) is 30.3 Å². The average Bonchev–Trinajstić information content (AvgIpc) is 2.57. The number of amides is 2. The average molecular weight is 383 g/mol. The van der Waals surface area contributed by atoms with Gasteiger partial charge in [-0.05, 0) is 24.3 Å². The van der Waals surface area contributed by atoms with Gasteiger partial charge in [0.2, 0.25) is 0 Å². The fraction of sp³-hybridized carbons (Fsp3) is 0.176. The number of benzene rings is 2. The van der Waals surface area contributed by atoms with Crippen LogP contribution in [0.1, 0.15) is 28.4 Å². The highest BCUT2D eigenvalue weighted by Crippen LogP contribution is 2.36. The molecule has 0 saturated carbocycles.